The molecule has 1 aromatic rings. The van der Waals surface area contributed by atoms with Crippen molar-refractivity contribution in [2.24, 2.45) is 0 Å². The normalized spacial score (nSPS) is 18.9. The first-order chi connectivity index (χ1) is 9.12. The van der Waals surface area contributed by atoms with Crippen LogP contribution >= 0.6 is 0 Å². The number of nitrogens with zero attached hydrogens (tertiary/aromatic N) is 3. The molecule has 0 bridgehead atoms. The predicted octanol–water partition coefficient (Wildman–Crippen LogP) is 3.21. The van der Waals surface area contributed by atoms with E-state index in [2.05, 4.69) is 38.8 Å². The average molecular weight is 295 g/mol. The molecule has 0 amide bonds. The van der Waals surface area contributed by atoms with Gasteiger partial charge in [-0.05, 0) is 29.1 Å². The summed E-state index contributed by atoms with van der Waals surface area (Å²) in [4.78, 5) is 14.6. The highest BCUT2D eigenvalue weighted by atomic mass is 28.4. The topological polar surface area (TPSA) is 70.2 Å². The van der Waals surface area contributed by atoms with Crippen molar-refractivity contribution in [2.45, 2.75) is 51.6 Å². The van der Waals surface area contributed by atoms with Crippen LogP contribution in [0.5, 0.6) is 0 Å². The van der Waals surface area contributed by atoms with E-state index in [1.165, 1.54) is 6.20 Å². The van der Waals surface area contributed by atoms with E-state index < -0.39 is 13.2 Å². The van der Waals surface area contributed by atoms with Crippen LogP contribution in [-0.4, -0.2) is 28.9 Å². The van der Waals surface area contributed by atoms with Crippen molar-refractivity contribution in [3.8, 4) is 0 Å². The van der Waals surface area contributed by atoms with Gasteiger partial charge in [0.2, 0.25) is 5.82 Å². The van der Waals surface area contributed by atoms with Gasteiger partial charge in [0.15, 0.2) is 8.32 Å². The van der Waals surface area contributed by atoms with Gasteiger partial charge < -0.3 is 14.5 Å². The molecule has 2 heterocycles. The van der Waals surface area contributed by atoms with E-state index >= 15 is 0 Å². The highest BCUT2D eigenvalue weighted by molar-refractivity contribution is 6.74. The lowest BCUT2D eigenvalue weighted by atomic mass is 10.2. The number of hydrogen-bond acceptors (Lipinski definition) is 4. The molecule has 0 unspecified atom stereocenters. The van der Waals surface area contributed by atoms with Crippen molar-refractivity contribution in [3.63, 3.8) is 0 Å². The standard InChI is InChI=1S/C13H21N3O3Si/c1-13(2,3)20(4,5)19-10-6-7-11-14-8-12(16(17)18)15(11)9-10/h6-8,10H,9H2,1-5H3/t10-/m0/s1. The summed E-state index contributed by atoms with van der Waals surface area (Å²) in [5, 5.41) is 11.1. The number of hydrogen-bond donors (Lipinski definition) is 0. The van der Waals surface area contributed by atoms with Crippen LogP contribution in [0.3, 0.4) is 0 Å². The predicted molar refractivity (Wildman–Crippen MR) is 80.0 cm³/mol. The summed E-state index contributed by atoms with van der Waals surface area (Å²) < 4.78 is 7.89. The zero-order chi connectivity index (χ0) is 15.1. The molecule has 1 aliphatic heterocycles. The van der Waals surface area contributed by atoms with Gasteiger partial charge in [0.05, 0.1) is 0 Å². The summed E-state index contributed by atoms with van der Waals surface area (Å²) in [7, 11) is -1.89. The van der Waals surface area contributed by atoms with Crippen LogP contribution < -0.4 is 0 Å². The van der Waals surface area contributed by atoms with Gasteiger partial charge in [0.25, 0.3) is 0 Å². The maximum absolute atomic E-state index is 11.0. The number of rotatable bonds is 3. The van der Waals surface area contributed by atoms with Gasteiger partial charge in [-0.2, -0.15) is 0 Å². The highest BCUT2D eigenvalue weighted by Gasteiger charge is 2.40. The maximum Gasteiger partial charge on any atom is 0.343 e. The molecule has 0 aliphatic carbocycles. The van der Waals surface area contributed by atoms with E-state index in [0.29, 0.717) is 12.4 Å². The lowest BCUT2D eigenvalue weighted by Gasteiger charge is -2.38. The molecular formula is C13H21N3O3Si. The van der Waals surface area contributed by atoms with Gasteiger partial charge in [-0.15, -0.1) is 0 Å². The summed E-state index contributed by atoms with van der Waals surface area (Å²) in [6.45, 7) is 11.3. The van der Waals surface area contributed by atoms with Crippen LogP contribution in [0.1, 0.15) is 26.6 Å². The Morgan fingerprint density at radius 2 is 2.15 bits per heavy atom. The first-order valence-corrected chi connectivity index (χ1v) is 9.58. The molecule has 1 aliphatic rings. The monoisotopic (exact) mass is 295 g/mol. The zero-order valence-corrected chi connectivity index (χ0v) is 13.6. The van der Waals surface area contributed by atoms with Crippen LogP contribution in [0, 0.1) is 10.1 Å². The minimum atomic E-state index is -1.89. The lowest BCUT2D eigenvalue weighted by Crippen LogP contribution is -2.44. The molecule has 1 aromatic heterocycles. The van der Waals surface area contributed by atoms with Gasteiger partial charge in [-0.3, -0.25) is 0 Å². The van der Waals surface area contributed by atoms with E-state index in [-0.39, 0.29) is 17.0 Å². The molecule has 7 heteroatoms. The average Bonchev–Trinajstić information content (AvgIpc) is 2.69. The fourth-order valence-corrected chi connectivity index (χ4v) is 3.18. The van der Waals surface area contributed by atoms with Gasteiger partial charge >= 0.3 is 5.82 Å². The second-order valence-corrected chi connectivity index (χ2v) is 11.4. The largest absolute Gasteiger partial charge is 0.407 e. The Labute approximate surface area is 119 Å². The third kappa shape index (κ3) is 2.68. The summed E-state index contributed by atoms with van der Waals surface area (Å²) in [5.41, 5.74) is 0. The molecule has 0 fully saturated rings. The van der Waals surface area contributed by atoms with Crippen LogP contribution in [0.25, 0.3) is 6.08 Å². The molecule has 0 aromatic carbocycles. The van der Waals surface area contributed by atoms with Crippen LogP contribution in [0.15, 0.2) is 12.3 Å². The SMILES string of the molecule is CC(C)(C)[Si](C)(C)O[C@H]1C=Cc2ncc([N+](=O)[O-])n2C1. The first kappa shape index (κ1) is 14.9. The van der Waals surface area contributed by atoms with Crippen molar-refractivity contribution < 1.29 is 9.35 Å². The first-order valence-electron chi connectivity index (χ1n) is 6.68. The second-order valence-electron chi connectivity index (χ2n) is 6.62. The maximum atomic E-state index is 11.0. The smallest absolute Gasteiger partial charge is 0.343 e. The Hall–Kier alpha value is -1.47. The summed E-state index contributed by atoms with van der Waals surface area (Å²) in [5.74, 6) is 0.639. The van der Waals surface area contributed by atoms with Gasteiger partial charge in [-0.25, -0.2) is 9.55 Å². The molecule has 2 rings (SSSR count). The Balaban J connectivity index is 2.19. The van der Waals surface area contributed by atoms with Crippen LogP contribution in [0.2, 0.25) is 18.1 Å². The molecule has 110 valence electrons. The van der Waals surface area contributed by atoms with Crippen LogP contribution in [0.4, 0.5) is 5.82 Å². The van der Waals surface area contributed by atoms with Gasteiger partial charge in [0, 0.05) is 6.08 Å². The minimum Gasteiger partial charge on any atom is -0.407 e. The fourth-order valence-electron chi connectivity index (χ4n) is 1.91. The molecule has 6 nitrogen and oxygen atoms in total. The van der Waals surface area contributed by atoms with Gasteiger partial charge in [-0.1, -0.05) is 20.8 Å². The minimum absolute atomic E-state index is 0.0215. The van der Waals surface area contributed by atoms with Crippen molar-refractivity contribution in [1.29, 1.82) is 0 Å². The van der Waals surface area contributed by atoms with E-state index in [0.717, 1.165) is 0 Å². The van der Waals surface area contributed by atoms with Crippen molar-refractivity contribution in [1.82, 2.24) is 9.55 Å². The second kappa shape index (κ2) is 4.82. The third-order valence-electron chi connectivity index (χ3n) is 4.13. The lowest BCUT2D eigenvalue weighted by molar-refractivity contribution is -0.392. The van der Waals surface area contributed by atoms with Crippen LogP contribution in [-0.2, 0) is 11.0 Å². The Kier molecular flexibility index (Phi) is 3.59. The molecule has 1 atom stereocenters. The number of nitro groups is 1. The highest BCUT2D eigenvalue weighted by Crippen LogP contribution is 2.38. The van der Waals surface area contributed by atoms with Gasteiger partial charge in [0.1, 0.15) is 18.8 Å². The number of imidazole rings is 1. The molecule has 0 N–H and O–H groups in total. The van der Waals surface area contributed by atoms with Crippen molar-refractivity contribution in [3.05, 3.63) is 28.2 Å². The molecular weight excluding hydrogens is 274 g/mol. The van der Waals surface area contributed by atoms with E-state index in [4.69, 9.17) is 4.43 Å². The number of aromatic nitrogens is 2. The third-order valence-corrected chi connectivity index (χ3v) is 8.63. The molecule has 0 saturated heterocycles. The molecule has 20 heavy (non-hydrogen) atoms. The van der Waals surface area contributed by atoms with E-state index in [9.17, 15) is 10.1 Å². The van der Waals surface area contributed by atoms with E-state index in [1.54, 1.807) is 10.6 Å². The number of fused-ring (bicyclic) bond motifs is 1. The summed E-state index contributed by atoms with van der Waals surface area (Å²) >= 11 is 0. The van der Waals surface area contributed by atoms with E-state index in [1.807, 2.05) is 6.08 Å². The Morgan fingerprint density at radius 1 is 1.50 bits per heavy atom. The van der Waals surface area contributed by atoms with Crippen molar-refractivity contribution in [2.75, 3.05) is 0 Å². The van der Waals surface area contributed by atoms with Crippen molar-refractivity contribution >= 4 is 20.2 Å². The quantitative estimate of drug-likeness (QED) is 0.488. The Morgan fingerprint density at radius 3 is 2.70 bits per heavy atom. The molecule has 0 spiro atoms. The zero-order valence-electron chi connectivity index (χ0n) is 12.6. The Bertz CT molecular complexity index is 558. The summed E-state index contributed by atoms with van der Waals surface area (Å²) in [6.07, 6.45) is 4.92. The fraction of sp³-hybridized carbons (Fsp3) is 0.615. The molecule has 0 radical (unpaired) electrons. The molecule has 0 saturated carbocycles. The summed E-state index contributed by atoms with van der Waals surface area (Å²) in [6, 6.07) is 0.